The molecule has 3 rings (SSSR count). The van der Waals surface area contributed by atoms with Gasteiger partial charge in [0.25, 0.3) is 5.91 Å². The van der Waals surface area contributed by atoms with Crippen molar-refractivity contribution in [3.8, 4) is 0 Å². The number of hydrogen-bond donors (Lipinski definition) is 4. The number of fused-ring (bicyclic) bond motifs is 1. The summed E-state index contributed by atoms with van der Waals surface area (Å²) < 4.78 is 1.07. The van der Waals surface area contributed by atoms with Crippen LogP contribution < -0.4 is 10.6 Å². The van der Waals surface area contributed by atoms with Crippen LogP contribution in [0, 0.1) is 3.57 Å². The van der Waals surface area contributed by atoms with Crippen LogP contribution in [-0.4, -0.2) is 39.5 Å². The van der Waals surface area contributed by atoms with Crippen molar-refractivity contribution in [3.05, 3.63) is 63.5 Å². The van der Waals surface area contributed by atoms with Crippen LogP contribution in [0.25, 0.3) is 11.0 Å². The first kappa shape index (κ1) is 18.3. The van der Waals surface area contributed by atoms with E-state index >= 15 is 0 Å². The highest BCUT2D eigenvalue weighted by atomic mass is 127. The first-order chi connectivity index (χ1) is 12.6. The van der Waals surface area contributed by atoms with Crippen molar-refractivity contribution in [2.24, 2.45) is 0 Å². The van der Waals surface area contributed by atoms with Crippen LogP contribution in [-0.2, 0) is 11.3 Å². The van der Waals surface area contributed by atoms with Gasteiger partial charge in [0.05, 0.1) is 24.0 Å². The first-order valence-corrected chi connectivity index (χ1v) is 9.01. The van der Waals surface area contributed by atoms with Crippen LogP contribution >= 0.6 is 22.6 Å². The molecule has 0 aliphatic heterocycles. The number of benzene rings is 2. The molecule has 1 aromatic heterocycles. The van der Waals surface area contributed by atoms with Crippen molar-refractivity contribution in [3.63, 3.8) is 0 Å². The van der Waals surface area contributed by atoms with Crippen LogP contribution in [0.15, 0.2) is 48.8 Å². The van der Waals surface area contributed by atoms with Crippen LogP contribution in [0.2, 0.25) is 0 Å². The molecule has 7 nitrogen and oxygen atoms in total. The Kier molecular flexibility index (Phi) is 5.84. The minimum Gasteiger partial charge on any atom is -0.394 e. The summed E-state index contributed by atoms with van der Waals surface area (Å²) in [4.78, 5) is 31.7. The molecular weight excluding hydrogens is 447 g/mol. The maximum Gasteiger partial charge on any atom is 0.252 e. The molecule has 8 heteroatoms. The number of aromatic nitrogens is 2. The summed E-state index contributed by atoms with van der Waals surface area (Å²) in [6, 6.07) is 11.7. The number of amides is 2. The summed E-state index contributed by atoms with van der Waals surface area (Å²) in [6.07, 6.45) is 1.54. The lowest BCUT2D eigenvalue weighted by molar-refractivity contribution is -0.124. The lowest BCUT2D eigenvalue weighted by Crippen LogP contribution is -2.48. The maximum atomic E-state index is 12.4. The van der Waals surface area contributed by atoms with Gasteiger partial charge < -0.3 is 20.7 Å². The smallest absolute Gasteiger partial charge is 0.252 e. The van der Waals surface area contributed by atoms with Crippen LogP contribution in [0.1, 0.15) is 15.9 Å². The normalized spacial score (nSPS) is 11.9. The van der Waals surface area contributed by atoms with Crippen molar-refractivity contribution < 1.29 is 14.7 Å². The zero-order chi connectivity index (χ0) is 18.5. The van der Waals surface area contributed by atoms with Gasteiger partial charge in [-0.05, 0) is 58.5 Å². The molecule has 1 atom stereocenters. The molecule has 2 amide bonds. The van der Waals surface area contributed by atoms with Crippen LogP contribution in [0.4, 0.5) is 0 Å². The van der Waals surface area contributed by atoms with E-state index in [1.165, 1.54) is 0 Å². The van der Waals surface area contributed by atoms with E-state index in [4.69, 9.17) is 0 Å². The number of aliphatic hydroxyl groups excluding tert-OH is 1. The maximum absolute atomic E-state index is 12.4. The molecule has 0 saturated heterocycles. The number of hydrogen-bond acceptors (Lipinski definition) is 4. The lowest BCUT2D eigenvalue weighted by atomic mass is 10.1. The Morgan fingerprint density at radius 3 is 2.85 bits per heavy atom. The average Bonchev–Trinajstić information content (AvgIpc) is 3.11. The molecule has 0 radical (unpaired) electrons. The standard InChI is InChI=1S/C18H17IN4O3/c19-13-3-1-2-11(6-13)8-20-18(26)16(9-24)23-17(25)12-4-5-14-15(7-12)22-10-21-14/h1-7,10,16,24H,8-9H2,(H,20,26)(H,21,22)(H,23,25)/t16-/m0/s1. The molecule has 0 fully saturated rings. The van der Waals surface area contributed by atoms with E-state index in [0.717, 1.165) is 20.2 Å². The number of aromatic amines is 1. The number of nitrogens with zero attached hydrogens (tertiary/aromatic N) is 1. The summed E-state index contributed by atoms with van der Waals surface area (Å²) >= 11 is 2.19. The minimum absolute atomic E-state index is 0.322. The molecular formula is C18H17IN4O3. The number of nitrogens with one attached hydrogen (secondary N) is 3. The average molecular weight is 464 g/mol. The van der Waals surface area contributed by atoms with E-state index in [1.54, 1.807) is 24.5 Å². The van der Waals surface area contributed by atoms with Gasteiger partial charge in [0, 0.05) is 15.7 Å². The summed E-state index contributed by atoms with van der Waals surface area (Å²) in [5.41, 5.74) is 2.79. The third kappa shape index (κ3) is 4.38. The van der Waals surface area contributed by atoms with Crippen molar-refractivity contribution in [2.75, 3.05) is 6.61 Å². The number of rotatable bonds is 6. The Labute approximate surface area is 163 Å². The molecule has 4 N–H and O–H groups in total. The van der Waals surface area contributed by atoms with Gasteiger partial charge >= 0.3 is 0 Å². The summed E-state index contributed by atoms with van der Waals surface area (Å²) in [6.45, 7) is -0.168. The predicted molar refractivity (Wildman–Crippen MR) is 105 cm³/mol. The third-order valence-corrected chi connectivity index (χ3v) is 4.51. The van der Waals surface area contributed by atoms with Gasteiger partial charge in [0.2, 0.25) is 5.91 Å². The summed E-state index contributed by atoms with van der Waals surface area (Å²) in [5.74, 6) is -0.882. The highest BCUT2D eigenvalue weighted by Crippen LogP contribution is 2.12. The minimum atomic E-state index is -1.03. The molecule has 0 aliphatic carbocycles. The monoisotopic (exact) mass is 464 g/mol. The van der Waals surface area contributed by atoms with Crippen molar-refractivity contribution in [1.82, 2.24) is 20.6 Å². The van der Waals surface area contributed by atoms with Gasteiger partial charge in [-0.15, -0.1) is 0 Å². The van der Waals surface area contributed by atoms with E-state index < -0.39 is 24.5 Å². The molecule has 0 saturated carbocycles. The number of halogens is 1. The Balaban J connectivity index is 1.62. The van der Waals surface area contributed by atoms with E-state index in [9.17, 15) is 14.7 Å². The van der Waals surface area contributed by atoms with E-state index in [-0.39, 0.29) is 0 Å². The van der Waals surface area contributed by atoms with Gasteiger partial charge in [-0.3, -0.25) is 9.59 Å². The van der Waals surface area contributed by atoms with Gasteiger partial charge in [-0.1, -0.05) is 12.1 Å². The van der Waals surface area contributed by atoms with Crippen LogP contribution in [0.3, 0.4) is 0 Å². The molecule has 134 valence electrons. The fraction of sp³-hybridized carbons (Fsp3) is 0.167. The zero-order valence-corrected chi connectivity index (χ0v) is 15.9. The Morgan fingerprint density at radius 1 is 1.23 bits per heavy atom. The fourth-order valence-corrected chi connectivity index (χ4v) is 3.08. The van der Waals surface area contributed by atoms with E-state index in [0.29, 0.717) is 12.1 Å². The highest BCUT2D eigenvalue weighted by Gasteiger charge is 2.20. The SMILES string of the molecule is O=C(N[C@@H](CO)C(=O)NCc1cccc(I)c1)c1ccc2nc[nH]c2c1. The molecule has 0 bridgehead atoms. The van der Waals surface area contributed by atoms with Crippen molar-refractivity contribution in [2.45, 2.75) is 12.6 Å². The molecule has 0 aliphatic rings. The van der Waals surface area contributed by atoms with E-state index in [2.05, 4.69) is 43.2 Å². The van der Waals surface area contributed by atoms with Crippen molar-refractivity contribution >= 4 is 45.4 Å². The van der Waals surface area contributed by atoms with Gasteiger partial charge in [-0.25, -0.2) is 4.98 Å². The van der Waals surface area contributed by atoms with Crippen molar-refractivity contribution in [1.29, 1.82) is 0 Å². The second-order valence-corrected chi connectivity index (χ2v) is 6.94. The van der Waals surface area contributed by atoms with Crippen LogP contribution in [0.5, 0.6) is 0 Å². The number of carbonyl (C=O) groups is 2. The quantitative estimate of drug-likeness (QED) is 0.416. The number of carbonyl (C=O) groups excluding carboxylic acids is 2. The highest BCUT2D eigenvalue weighted by molar-refractivity contribution is 14.1. The van der Waals surface area contributed by atoms with Gasteiger partial charge in [-0.2, -0.15) is 0 Å². The third-order valence-electron chi connectivity index (χ3n) is 3.84. The van der Waals surface area contributed by atoms with E-state index in [1.807, 2.05) is 24.3 Å². The summed E-state index contributed by atoms with van der Waals surface area (Å²) in [5, 5.41) is 14.8. The second-order valence-electron chi connectivity index (χ2n) is 5.69. The Hall–Kier alpha value is -2.46. The lowest BCUT2D eigenvalue weighted by Gasteiger charge is -2.16. The number of aliphatic hydroxyl groups is 1. The Morgan fingerprint density at radius 2 is 2.08 bits per heavy atom. The zero-order valence-electron chi connectivity index (χ0n) is 13.7. The predicted octanol–water partition coefficient (Wildman–Crippen LogP) is 1.57. The molecule has 2 aromatic carbocycles. The largest absolute Gasteiger partial charge is 0.394 e. The van der Waals surface area contributed by atoms with Gasteiger partial charge in [0.1, 0.15) is 6.04 Å². The number of H-pyrrole nitrogens is 1. The molecule has 0 unspecified atom stereocenters. The van der Waals surface area contributed by atoms with Gasteiger partial charge in [0.15, 0.2) is 0 Å². The Bertz CT molecular complexity index is 941. The fourth-order valence-electron chi connectivity index (χ4n) is 2.47. The topological polar surface area (TPSA) is 107 Å². The first-order valence-electron chi connectivity index (χ1n) is 7.94. The molecule has 0 spiro atoms. The number of imidazole rings is 1. The second kappa shape index (κ2) is 8.28. The molecule has 1 heterocycles. The molecule has 26 heavy (non-hydrogen) atoms. The molecule has 3 aromatic rings. The summed E-state index contributed by atoms with van der Waals surface area (Å²) in [7, 11) is 0.